The summed E-state index contributed by atoms with van der Waals surface area (Å²) in [4.78, 5) is 30.3. The molecular weight excluding hydrogens is 334 g/mol. The molecule has 0 spiro atoms. The summed E-state index contributed by atoms with van der Waals surface area (Å²) < 4.78 is 0. The molecule has 0 saturated heterocycles. The standard InChI is InChI=1S/C19H21N3O2S/c1-11-8-15-9-14(6-7-17(15)22(11)12(2)23)16-10-25-19(20-16)21-18(24)13-4-3-5-13/h6-7,9-11,13H,3-5,8H2,1-2H3,(H,20,21,24). The van der Waals surface area contributed by atoms with E-state index in [1.165, 1.54) is 16.9 Å². The maximum absolute atomic E-state index is 12.0. The average molecular weight is 355 g/mol. The van der Waals surface area contributed by atoms with Crippen molar-refractivity contribution < 1.29 is 9.59 Å². The zero-order chi connectivity index (χ0) is 17.6. The first-order valence-electron chi connectivity index (χ1n) is 8.72. The lowest BCUT2D eigenvalue weighted by Gasteiger charge is -2.23. The van der Waals surface area contributed by atoms with Crippen LogP contribution in [0.5, 0.6) is 0 Å². The second-order valence-corrected chi connectivity index (χ2v) is 7.80. The van der Waals surface area contributed by atoms with Crippen molar-refractivity contribution in [2.45, 2.75) is 45.6 Å². The molecule has 2 amide bonds. The summed E-state index contributed by atoms with van der Waals surface area (Å²) in [5, 5.41) is 5.56. The van der Waals surface area contributed by atoms with Gasteiger partial charge in [0, 0.05) is 35.5 Å². The zero-order valence-corrected chi connectivity index (χ0v) is 15.2. The summed E-state index contributed by atoms with van der Waals surface area (Å²) in [7, 11) is 0. The molecule has 2 aromatic rings. The van der Waals surface area contributed by atoms with Crippen molar-refractivity contribution in [3.05, 3.63) is 29.1 Å². The van der Waals surface area contributed by atoms with Gasteiger partial charge in [-0.25, -0.2) is 4.98 Å². The molecule has 1 aliphatic heterocycles. The second kappa shape index (κ2) is 6.26. The van der Waals surface area contributed by atoms with Gasteiger partial charge in [0.15, 0.2) is 5.13 Å². The molecule has 25 heavy (non-hydrogen) atoms. The predicted molar refractivity (Wildman–Crippen MR) is 99.8 cm³/mol. The van der Waals surface area contributed by atoms with Crippen molar-refractivity contribution in [3.8, 4) is 11.3 Å². The molecule has 0 radical (unpaired) electrons. The van der Waals surface area contributed by atoms with Crippen LogP contribution in [0, 0.1) is 5.92 Å². The fraction of sp³-hybridized carbons (Fsp3) is 0.421. The number of amides is 2. The Morgan fingerprint density at radius 1 is 1.32 bits per heavy atom. The number of thiazole rings is 1. The van der Waals surface area contributed by atoms with Crippen molar-refractivity contribution in [1.82, 2.24) is 4.98 Å². The summed E-state index contributed by atoms with van der Waals surface area (Å²) in [5.74, 6) is 0.326. The summed E-state index contributed by atoms with van der Waals surface area (Å²) in [5.41, 5.74) is 4.06. The van der Waals surface area contributed by atoms with Crippen LogP contribution in [0.25, 0.3) is 11.3 Å². The van der Waals surface area contributed by atoms with Crippen LogP contribution in [0.15, 0.2) is 23.6 Å². The number of hydrogen-bond donors (Lipinski definition) is 1. The van der Waals surface area contributed by atoms with Gasteiger partial charge in [-0.1, -0.05) is 12.5 Å². The van der Waals surface area contributed by atoms with Gasteiger partial charge in [0.05, 0.1) is 5.69 Å². The van der Waals surface area contributed by atoms with E-state index in [2.05, 4.69) is 23.3 Å². The van der Waals surface area contributed by atoms with E-state index in [0.717, 1.165) is 42.6 Å². The third kappa shape index (κ3) is 2.95. The molecule has 5 nitrogen and oxygen atoms in total. The van der Waals surface area contributed by atoms with Crippen molar-refractivity contribution >= 4 is 34.0 Å². The molecule has 1 saturated carbocycles. The fourth-order valence-electron chi connectivity index (χ4n) is 3.61. The minimum absolute atomic E-state index is 0.0775. The first-order valence-corrected chi connectivity index (χ1v) is 9.60. The smallest absolute Gasteiger partial charge is 0.229 e. The van der Waals surface area contributed by atoms with Crippen LogP contribution in [0.4, 0.5) is 10.8 Å². The van der Waals surface area contributed by atoms with Crippen LogP contribution in [0.1, 0.15) is 38.7 Å². The van der Waals surface area contributed by atoms with E-state index < -0.39 is 0 Å². The van der Waals surface area contributed by atoms with E-state index in [0.29, 0.717) is 5.13 Å². The molecule has 130 valence electrons. The maximum atomic E-state index is 12.0. The lowest BCUT2D eigenvalue weighted by atomic mass is 9.85. The highest BCUT2D eigenvalue weighted by Crippen LogP contribution is 2.36. The summed E-state index contributed by atoms with van der Waals surface area (Å²) >= 11 is 1.46. The number of rotatable bonds is 3. The van der Waals surface area contributed by atoms with Crippen LogP contribution in [0.3, 0.4) is 0 Å². The molecule has 1 aromatic carbocycles. The van der Waals surface area contributed by atoms with E-state index in [9.17, 15) is 9.59 Å². The van der Waals surface area contributed by atoms with Gasteiger partial charge in [-0.05, 0) is 43.9 Å². The Hall–Kier alpha value is -2.21. The lowest BCUT2D eigenvalue weighted by Crippen LogP contribution is -2.33. The quantitative estimate of drug-likeness (QED) is 0.910. The number of benzene rings is 1. The van der Waals surface area contributed by atoms with Gasteiger partial charge < -0.3 is 10.2 Å². The Balaban J connectivity index is 1.54. The average Bonchev–Trinajstić information content (AvgIpc) is 3.07. The van der Waals surface area contributed by atoms with Crippen LogP contribution < -0.4 is 10.2 Å². The minimum atomic E-state index is 0.0775. The second-order valence-electron chi connectivity index (χ2n) is 6.94. The molecule has 1 fully saturated rings. The molecule has 1 aromatic heterocycles. The Morgan fingerprint density at radius 3 is 2.80 bits per heavy atom. The lowest BCUT2D eigenvalue weighted by molar-refractivity contribution is -0.122. The van der Waals surface area contributed by atoms with Crippen LogP contribution in [-0.4, -0.2) is 22.8 Å². The van der Waals surface area contributed by atoms with Gasteiger partial charge in [0.1, 0.15) is 0 Å². The number of nitrogens with zero attached hydrogens (tertiary/aromatic N) is 2. The SMILES string of the molecule is CC(=O)N1c2ccc(-c3csc(NC(=O)C4CCC4)n3)cc2CC1C. The minimum Gasteiger partial charge on any atom is -0.309 e. The first-order chi connectivity index (χ1) is 12.0. The van der Waals surface area contributed by atoms with Gasteiger partial charge in [0.25, 0.3) is 0 Å². The topological polar surface area (TPSA) is 62.3 Å². The highest BCUT2D eigenvalue weighted by molar-refractivity contribution is 7.14. The van der Waals surface area contributed by atoms with Crippen molar-refractivity contribution in [3.63, 3.8) is 0 Å². The molecule has 2 heterocycles. The molecular formula is C19H21N3O2S. The summed E-state index contributed by atoms with van der Waals surface area (Å²) in [6.45, 7) is 3.68. The molecule has 1 aliphatic carbocycles. The van der Waals surface area contributed by atoms with Crippen LogP contribution in [-0.2, 0) is 16.0 Å². The molecule has 0 bridgehead atoms. The number of aromatic nitrogens is 1. The van der Waals surface area contributed by atoms with Crippen molar-refractivity contribution in [2.75, 3.05) is 10.2 Å². The monoisotopic (exact) mass is 355 g/mol. The number of carbonyl (C=O) groups is 2. The Kier molecular flexibility index (Phi) is 4.07. The molecule has 1 N–H and O–H groups in total. The number of nitrogens with one attached hydrogen (secondary N) is 1. The largest absolute Gasteiger partial charge is 0.309 e. The molecule has 4 rings (SSSR count). The summed E-state index contributed by atoms with van der Waals surface area (Å²) in [6, 6.07) is 6.30. The molecule has 6 heteroatoms. The van der Waals surface area contributed by atoms with E-state index >= 15 is 0 Å². The van der Waals surface area contributed by atoms with E-state index in [1.54, 1.807) is 6.92 Å². The van der Waals surface area contributed by atoms with Crippen LogP contribution in [0.2, 0.25) is 0 Å². The maximum Gasteiger partial charge on any atom is 0.229 e. The molecule has 1 unspecified atom stereocenters. The third-order valence-corrected chi connectivity index (χ3v) is 5.90. The van der Waals surface area contributed by atoms with Crippen LogP contribution >= 0.6 is 11.3 Å². The summed E-state index contributed by atoms with van der Waals surface area (Å²) in [6.07, 6.45) is 3.98. The van der Waals surface area contributed by atoms with Crippen molar-refractivity contribution in [2.24, 2.45) is 5.92 Å². The van der Waals surface area contributed by atoms with E-state index in [1.807, 2.05) is 22.4 Å². The fourth-order valence-corrected chi connectivity index (χ4v) is 4.33. The number of fused-ring (bicyclic) bond motifs is 1. The van der Waals surface area contributed by atoms with Crippen molar-refractivity contribution in [1.29, 1.82) is 0 Å². The third-order valence-electron chi connectivity index (χ3n) is 5.14. The predicted octanol–water partition coefficient (Wildman–Crippen LogP) is 3.85. The Bertz CT molecular complexity index is 841. The van der Waals surface area contributed by atoms with E-state index in [4.69, 9.17) is 0 Å². The van der Waals surface area contributed by atoms with Gasteiger partial charge in [0.2, 0.25) is 11.8 Å². The van der Waals surface area contributed by atoms with Gasteiger partial charge >= 0.3 is 0 Å². The van der Waals surface area contributed by atoms with E-state index in [-0.39, 0.29) is 23.8 Å². The highest BCUT2D eigenvalue weighted by Gasteiger charge is 2.29. The molecule has 1 atom stereocenters. The first kappa shape index (κ1) is 16.3. The Labute approximate surface area is 151 Å². The number of carbonyl (C=O) groups excluding carboxylic acids is 2. The number of anilines is 2. The van der Waals surface area contributed by atoms with Gasteiger partial charge in [-0.15, -0.1) is 11.3 Å². The molecule has 2 aliphatic rings. The number of hydrogen-bond acceptors (Lipinski definition) is 4. The van der Waals surface area contributed by atoms with Gasteiger partial charge in [-0.3, -0.25) is 9.59 Å². The Morgan fingerprint density at radius 2 is 2.12 bits per heavy atom. The zero-order valence-electron chi connectivity index (χ0n) is 14.4. The highest BCUT2D eigenvalue weighted by atomic mass is 32.1. The van der Waals surface area contributed by atoms with Gasteiger partial charge in [-0.2, -0.15) is 0 Å². The normalized spacial score (nSPS) is 19.4.